The Morgan fingerprint density at radius 3 is 2.71 bits per heavy atom. The van der Waals surface area contributed by atoms with Gasteiger partial charge in [-0.25, -0.2) is 15.0 Å². The number of nitrogens with zero attached hydrogens (tertiary/aromatic N) is 6. The molecule has 0 spiro atoms. The highest BCUT2D eigenvalue weighted by atomic mass is 32.1. The van der Waals surface area contributed by atoms with Crippen LogP contribution < -0.4 is 16.6 Å². The third-order valence-electron chi connectivity index (χ3n) is 6.35. The molecule has 0 saturated carbocycles. The molecule has 10 nitrogen and oxygen atoms in total. The molecule has 0 fully saturated rings. The Morgan fingerprint density at radius 1 is 1.10 bits per heavy atom. The van der Waals surface area contributed by atoms with Gasteiger partial charge < -0.3 is 11.1 Å². The summed E-state index contributed by atoms with van der Waals surface area (Å²) >= 11 is 1.42. The smallest absolute Gasteiger partial charge is 0.274 e. The van der Waals surface area contributed by atoms with E-state index in [-0.39, 0.29) is 17.1 Å². The normalized spacial score (nSPS) is 13.0. The number of carbonyl (C=O) groups excluding carboxylic acids is 1. The Hall–Kier alpha value is -5.47. The van der Waals surface area contributed by atoms with Crippen molar-refractivity contribution in [2.24, 2.45) is 4.99 Å². The molecule has 3 N–H and O–H groups in total. The molecule has 3 aromatic heterocycles. The molecule has 2 aromatic carbocycles. The Labute approximate surface area is 238 Å². The van der Waals surface area contributed by atoms with E-state index in [1.165, 1.54) is 22.1 Å². The number of hydrogen-bond acceptors (Lipinski definition) is 9. The quantitative estimate of drug-likeness (QED) is 0.312. The zero-order valence-corrected chi connectivity index (χ0v) is 22.6. The number of aliphatic imine (C=N–C) groups is 1. The molecular weight excluding hydrogens is 536 g/mol. The van der Waals surface area contributed by atoms with E-state index in [0.29, 0.717) is 45.8 Å². The van der Waals surface area contributed by atoms with E-state index in [4.69, 9.17) is 10.7 Å². The molecule has 1 aliphatic rings. The van der Waals surface area contributed by atoms with Gasteiger partial charge in [-0.1, -0.05) is 36.3 Å². The molecule has 0 saturated heterocycles. The largest absolute Gasteiger partial charge is 0.382 e. The molecule has 4 heterocycles. The van der Waals surface area contributed by atoms with Crippen molar-refractivity contribution in [1.82, 2.24) is 29.8 Å². The van der Waals surface area contributed by atoms with Crippen molar-refractivity contribution in [3.63, 3.8) is 0 Å². The summed E-state index contributed by atoms with van der Waals surface area (Å²) in [5.74, 6) is 5.93. The highest BCUT2D eigenvalue weighted by Crippen LogP contribution is 2.22. The fourth-order valence-electron chi connectivity index (χ4n) is 4.43. The van der Waals surface area contributed by atoms with Crippen LogP contribution in [0.3, 0.4) is 0 Å². The van der Waals surface area contributed by atoms with Crippen LogP contribution in [0.1, 0.15) is 51.8 Å². The summed E-state index contributed by atoms with van der Waals surface area (Å²) in [7, 11) is 0. The van der Waals surface area contributed by atoms with Crippen molar-refractivity contribution >= 4 is 45.9 Å². The number of rotatable bonds is 5. The molecule has 0 aliphatic carbocycles. The number of nitrogens with one attached hydrogen (secondary N) is 1. The molecule has 0 radical (unpaired) electrons. The van der Waals surface area contributed by atoms with E-state index >= 15 is 0 Å². The van der Waals surface area contributed by atoms with Gasteiger partial charge in [-0.2, -0.15) is 0 Å². The second-order valence-electron chi connectivity index (χ2n) is 9.08. The minimum atomic E-state index is -0.708. The van der Waals surface area contributed by atoms with Crippen molar-refractivity contribution in [3.05, 3.63) is 111 Å². The number of fused-ring (bicyclic) bond motifs is 1. The molecule has 1 unspecified atom stereocenters. The lowest BCUT2D eigenvalue weighted by molar-refractivity contribution is 0.0933. The number of thiazole rings is 1. The summed E-state index contributed by atoms with van der Waals surface area (Å²) in [5.41, 5.74) is 10.1. The molecule has 5 aromatic rings. The summed E-state index contributed by atoms with van der Waals surface area (Å²) in [6, 6.07) is 13.8. The first kappa shape index (κ1) is 25.8. The van der Waals surface area contributed by atoms with Gasteiger partial charge in [-0.05, 0) is 37.1 Å². The summed E-state index contributed by atoms with van der Waals surface area (Å²) in [5, 5.41) is 3.27. The van der Waals surface area contributed by atoms with Gasteiger partial charge in [0.2, 0.25) is 0 Å². The molecular formula is C30H22N8O2S. The van der Waals surface area contributed by atoms with Gasteiger partial charge in [0.25, 0.3) is 11.5 Å². The van der Waals surface area contributed by atoms with E-state index in [2.05, 4.69) is 37.1 Å². The van der Waals surface area contributed by atoms with Crippen LogP contribution in [-0.2, 0) is 0 Å². The number of anilines is 1. The van der Waals surface area contributed by atoms with Gasteiger partial charge in [0.15, 0.2) is 11.5 Å². The first-order valence-corrected chi connectivity index (χ1v) is 13.6. The number of hydrogen-bond donors (Lipinski definition) is 2. The first-order valence-electron chi connectivity index (χ1n) is 12.7. The highest BCUT2D eigenvalue weighted by Gasteiger charge is 2.23. The van der Waals surface area contributed by atoms with E-state index in [1.54, 1.807) is 55.2 Å². The van der Waals surface area contributed by atoms with Crippen LogP contribution in [0.5, 0.6) is 0 Å². The Morgan fingerprint density at radius 2 is 1.95 bits per heavy atom. The number of para-hydroxylation sites is 1. The number of aromatic nitrogens is 5. The van der Waals surface area contributed by atoms with Crippen LogP contribution in [0.15, 0.2) is 82.3 Å². The number of nitrogen functional groups attached to an aromatic ring is 1. The van der Waals surface area contributed by atoms with Gasteiger partial charge in [-0.15, -0.1) is 11.3 Å². The molecule has 6 rings (SSSR count). The van der Waals surface area contributed by atoms with Crippen LogP contribution >= 0.6 is 11.3 Å². The molecule has 41 heavy (non-hydrogen) atoms. The van der Waals surface area contributed by atoms with E-state index < -0.39 is 11.9 Å². The lowest BCUT2D eigenvalue weighted by atomic mass is 10.1. The maximum atomic E-state index is 14.1. The van der Waals surface area contributed by atoms with Crippen molar-refractivity contribution in [1.29, 1.82) is 0 Å². The fraction of sp³-hybridized carbons (Fsp3) is 0.100. The predicted octanol–water partition coefficient (Wildman–Crippen LogP) is 3.92. The molecule has 1 aliphatic heterocycles. The fourth-order valence-corrected chi connectivity index (χ4v) is 4.90. The van der Waals surface area contributed by atoms with Crippen molar-refractivity contribution < 1.29 is 4.79 Å². The Kier molecular flexibility index (Phi) is 6.89. The van der Waals surface area contributed by atoms with Crippen LogP contribution in [0.4, 0.5) is 5.82 Å². The van der Waals surface area contributed by atoms with Crippen LogP contribution in [-0.4, -0.2) is 36.6 Å². The van der Waals surface area contributed by atoms with Gasteiger partial charge in [0, 0.05) is 18.2 Å². The molecule has 1 amide bonds. The Balaban J connectivity index is 1.43. The first-order chi connectivity index (χ1) is 20.0. The zero-order chi connectivity index (χ0) is 28.3. The van der Waals surface area contributed by atoms with Crippen molar-refractivity contribution in [2.75, 3.05) is 5.73 Å². The minimum absolute atomic E-state index is 0.0166. The molecule has 0 bridgehead atoms. The SMILES string of the molecule is CC(NC(=O)c1nc(C2=CCC=N2)cnc1N)c1nc2cccc(C#Cc3cncs3)c2c(=O)n1-c1ccccc1. The van der Waals surface area contributed by atoms with Gasteiger partial charge in [0.05, 0.1) is 51.1 Å². The summed E-state index contributed by atoms with van der Waals surface area (Å²) in [6.45, 7) is 1.75. The third-order valence-corrected chi connectivity index (χ3v) is 7.04. The van der Waals surface area contributed by atoms with Crippen molar-refractivity contribution in [3.8, 4) is 17.5 Å². The number of carbonyl (C=O) groups is 1. The summed E-state index contributed by atoms with van der Waals surface area (Å²) in [4.78, 5) is 50.0. The molecule has 200 valence electrons. The zero-order valence-electron chi connectivity index (χ0n) is 21.8. The molecule has 1 atom stereocenters. The van der Waals surface area contributed by atoms with E-state index in [0.717, 1.165) is 4.88 Å². The van der Waals surface area contributed by atoms with Crippen LogP contribution in [0.25, 0.3) is 22.3 Å². The minimum Gasteiger partial charge on any atom is -0.382 e. The molecule has 11 heteroatoms. The van der Waals surface area contributed by atoms with Crippen LogP contribution in [0, 0.1) is 11.8 Å². The van der Waals surface area contributed by atoms with Crippen molar-refractivity contribution in [2.45, 2.75) is 19.4 Å². The van der Waals surface area contributed by atoms with Gasteiger partial charge in [-0.3, -0.25) is 24.1 Å². The summed E-state index contributed by atoms with van der Waals surface area (Å²) in [6.07, 6.45) is 7.48. The maximum absolute atomic E-state index is 14.1. The van der Waals surface area contributed by atoms with E-state index in [9.17, 15) is 9.59 Å². The lowest BCUT2D eigenvalue weighted by Gasteiger charge is -2.20. The second-order valence-corrected chi connectivity index (χ2v) is 9.97. The number of nitrogens with two attached hydrogens (primary N) is 1. The summed E-state index contributed by atoms with van der Waals surface area (Å²) < 4.78 is 1.49. The number of benzene rings is 2. The monoisotopic (exact) mass is 558 g/mol. The Bertz CT molecular complexity index is 1970. The maximum Gasteiger partial charge on any atom is 0.274 e. The topological polar surface area (TPSA) is 141 Å². The van der Waals surface area contributed by atoms with Gasteiger partial charge in [0.1, 0.15) is 11.5 Å². The second kappa shape index (κ2) is 11.0. The number of allylic oxidation sites excluding steroid dienone is 1. The number of amides is 1. The van der Waals surface area contributed by atoms with Gasteiger partial charge >= 0.3 is 0 Å². The van der Waals surface area contributed by atoms with Crippen LogP contribution in [0.2, 0.25) is 0 Å². The highest BCUT2D eigenvalue weighted by molar-refractivity contribution is 7.10. The lowest BCUT2D eigenvalue weighted by Crippen LogP contribution is -2.34. The average molecular weight is 559 g/mol. The average Bonchev–Trinajstić information content (AvgIpc) is 3.72. The standard InChI is InChI=1S/C30H22N8O2S/c1-18(35-29(39)26-27(31)34-16-24(36-26)22-11-6-14-33-22)28-37-23-10-5-7-19(12-13-21-15-32-17-41-21)25(23)30(40)38(28)20-8-3-2-4-9-20/h2-5,7-11,14-18H,6H2,1H3,(H2,31,34)(H,35,39). The van der Waals surface area contributed by atoms with E-state index in [1.807, 2.05) is 24.3 Å². The predicted molar refractivity (Wildman–Crippen MR) is 159 cm³/mol. The third kappa shape index (κ3) is 5.11.